The fourth-order valence-electron chi connectivity index (χ4n) is 4.18. The summed E-state index contributed by atoms with van der Waals surface area (Å²) in [4.78, 5) is 20.7. The first-order valence-corrected chi connectivity index (χ1v) is 11.9. The highest BCUT2D eigenvalue weighted by Crippen LogP contribution is 2.30. The van der Waals surface area contributed by atoms with Gasteiger partial charge in [-0.3, -0.25) is 4.79 Å². The van der Waals surface area contributed by atoms with Crippen molar-refractivity contribution in [2.75, 3.05) is 18.0 Å². The number of piperidine rings is 1. The molecule has 0 radical (unpaired) electrons. The number of hydrogen-bond donors (Lipinski definition) is 1. The molecule has 32 heavy (non-hydrogen) atoms. The van der Waals surface area contributed by atoms with Crippen molar-refractivity contribution in [3.63, 3.8) is 0 Å². The minimum atomic E-state index is -0.0212. The second-order valence-electron chi connectivity index (χ2n) is 8.53. The molecule has 1 saturated heterocycles. The van der Waals surface area contributed by atoms with Crippen LogP contribution in [-0.4, -0.2) is 33.6 Å². The topological polar surface area (TPSA) is 62.5 Å². The average Bonchev–Trinajstić information content (AvgIpc) is 3.39. The normalized spacial score (nSPS) is 16.4. The predicted octanol–water partition coefficient (Wildman–Crippen LogP) is 4.61. The Hall–Kier alpha value is -3.19. The van der Waals surface area contributed by atoms with Crippen molar-refractivity contribution in [1.82, 2.24) is 19.9 Å². The minimum Gasteiger partial charge on any atom is -0.352 e. The maximum absolute atomic E-state index is 12.8. The first-order valence-electron chi connectivity index (χ1n) is 11.1. The summed E-state index contributed by atoms with van der Waals surface area (Å²) in [7, 11) is 0. The monoisotopic (exact) mass is 445 g/mol. The lowest BCUT2D eigenvalue weighted by molar-refractivity contribution is -0.125. The van der Waals surface area contributed by atoms with Crippen molar-refractivity contribution >= 4 is 27.3 Å². The largest absolute Gasteiger partial charge is 0.352 e. The van der Waals surface area contributed by atoms with Gasteiger partial charge in [0.15, 0.2) is 0 Å². The van der Waals surface area contributed by atoms with E-state index in [1.165, 1.54) is 16.7 Å². The van der Waals surface area contributed by atoms with Crippen LogP contribution < -0.4 is 10.2 Å². The van der Waals surface area contributed by atoms with Crippen LogP contribution in [0.2, 0.25) is 0 Å². The molecular weight excluding hydrogens is 418 g/mol. The lowest BCUT2D eigenvalue weighted by Crippen LogP contribution is -2.43. The highest BCUT2D eigenvalue weighted by atomic mass is 32.1. The number of nitrogens with one attached hydrogen (secondary N) is 1. The zero-order chi connectivity index (χ0) is 22.1. The van der Waals surface area contributed by atoms with Crippen molar-refractivity contribution < 1.29 is 4.79 Å². The van der Waals surface area contributed by atoms with Gasteiger partial charge in [0, 0.05) is 25.2 Å². The van der Waals surface area contributed by atoms with Gasteiger partial charge in [-0.25, -0.2) is 9.50 Å². The van der Waals surface area contributed by atoms with Gasteiger partial charge in [-0.1, -0.05) is 65.4 Å². The average molecular weight is 446 g/mol. The zero-order valence-electron chi connectivity index (χ0n) is 18.4. The van der Waals surface area contributed by atoms with Crippen molar-refractivity contribution in [3.8, 4) is 11.3 Å². The number of aryl methyl sites for hydroxylation is 2. The van der Waals surface area contributed by atoms with Gasteiger partial charge in [0.25, 0.3) is 0 Å². The van der Waals surface area contributed by atoms with Crippen LogP contribution in [0.25, 0.3) is 16.2 Å². The van der Waals surface area contributed by atoms with Gasteiger partial charge in [-0.2, -0.15) is 0 Å². The smallest absolute Gasteiger partial charge is 0.225 e. The van der Waals surface area contributed by atoms with E-state index < -0.39 is 0 Å². The van der Waals surface area contributed by atoms with E-state index >= 15 is 0 Å². The van der Waals surface area contributed by atoms with Crippen molar-refractivity contribution in [2.24, 2.45) is 5.92 Å². The number of hydrogen-bond acceptors (Lipinski definition) is 5. The van der Waals surface area contributed by atoms with Crippen LogP contribution in [0.5, 0.6) is 0 Å². The lowest BCUT2D eigenvalue weighted by Gasteiger charge is -2.31. The Kier molecular flexibility index (Phi) is 5.66. The zero-order valence-corrected chi connectivity index (χ0v) is 19.2. The maximum atomic E-state index is 12.8. The number of carbonyl (C=O) groups excluding carboxylic acids is 1. The number of carbonyl (C=O) groups is 1. The van der Waals surface area contributed by atoms with Gasteiger partial charge in [-0.15, -0.1) is 5.10 Å². The molecule has 1 amide bonds. The molecule has 7 heteroatoms. The summed E-state index contributed by atoms with van der Waals surface area (Å²) in [6.45, 7) is 6.35. The molecule has 3 heterocycles. The van der Waals surface area contributed by atoms with E-state index in [-0.39, 0.29) is 11.8 Å². The number of aromatic nitrogens is 3. The highest BCUT2D eigenvalue weighted by Gasteiger charge is 2.28. The molecule has 1 N–H and O–H groups in total. The SMILES string of the molecule is Cc1ccc(-c2cn3nc(N4CCC[C@H](C(=O)NCc5ccccc5C)C4)sc3n2)cc1. The van der Waals surface area contributed by atoms with E-state index in [9.17, 15) is 4.79 Å². The first-order chi connectivity index (χ1) is 15.6. The van der Waals surface area contributed by atoms with Gasteiger partial charge < -0.3 is 10.2 Å². The van der Waals surface area contributed by atoms with E-state index in [4.69, 9.17) is 10.1 Å². The number of nitrogens with zero attached hydrogens (tertiary/aromatic N) is 4. The summed E-state index contributed by atoms with van der Waals surface area (Å²) in [6, 6.07) is 16.6. The number of rotatable bonds is 5. The molecule has 0 unspecified atom stereocenters. The van der Waals surface area contributed by atoms with Gasteiger partial charge in [0.1, 0.15) is 0 Å². The van der Waals surface area contributed by atoms with Gasteiger partial charge in [-0.05, 0) is 37.8 Å². The van der Waals surface area contributed by atoms with Crippen LogP contribution in [0.3, 0.4) is 0 Å². The number of amides is 1. The van der Waals surface area contributed by atoms with E-state index in [1.54, 1.807) is 11.3 Å². The molecule has 1 atom stereocenters. The van der Waals surface area contributed by atoms with Crippen molar-refractivity contribution in [3.05, 3.63) is 71.4 Å². The summed E-state index contributed by atoms with van der Waals surface area (Å²) in [6.07, 6.45) is 3.88. The molecule has 0 spiro atoms. The fourth-order valence-corrected chi connectivity index (χ4v) is 5.10. The van der Waals surface area contributed by atoms with Gasteiger partial charge >= 0.3 is 0 Å². The molecule has 164 valence electrons. The summed E-state index contributed by atoms with van der Waals surface area (Å²) >= 11 is 1.58. The van der Waals surface area contributed by atoms with Crippen LogP contribution in [-0.2, 0) is 11.3 Å². The predicted molar refractivity (Wildman–Crippen MR) is 129 cm³/mol. The molecule has 2 aromatic carbocycles. The van der Waals surface area contributed by atoms with Crippen molar-refractivity contribution in [1.29, 1.82) is 0 Å². The Morgan fingerprint density at radius 3 is 2.75 bits per heavy atom. The summed E-state index contributed by atoms with van der Waals surface area (Å²) < 4.78 is 1.86. The molecule has 6 nitrogen and oxygen atoms in total. The third-order valence-electron chi connectivity index (χ3n) is 6.16. The van der Waals surface area contributed by atoms with Crippen LogP contribution in [0.1, 0.15) is 29.5 Å². The Labute approximate surface area is 191 Å². The molecule has 1 aliphatic heterocycles. The van der Waals surface area contributed by atoms with Crippen molar-refractivity contribution in [2.45, 2.75) is 33.2 Å². The fraction of sp³-hybridized carbons (Fsp3) is 0.320. The standard InChI is InChI=1S/C25H27N5OS/c1-17-9-11-19(12-10-17)22-16-30-24(27-22)32-25(28-30)29-13-5-8-21(15-29)23(31)26-14-20-7-4-3-6-18(20)2/h3-4,6-7,9-12,16,21H,5,8,13-15H2,1-2H3,(H,26,31)/t21-/m0/s1. The van der Waals surface area contributed by atoms with Gasteiger partial charge in [0.2, 0.25) is 16.0 Å². The first kappa shape index (κ1) is 20.7. The molecule has 4 aromatic rings. The molecule has 1 aliphatic rings. The third-order valence-corrected chi connectivity index (χ3v) is 7.14. The molecule has 1 fully saturated rings. The third kappa shape index (κ3) is 4.25. The molecule has 5 rings (SSSR count). The summed E-state index contributed by atoms with van der Waals surface area (Å²) in [5.74, 6) is 0.105. The van der Waals surface area contributed by atoms with E-state index in [1.807, 2.05) is 22.8 Å². The Morgan fingerprint density at radius 1 is 1.16 bits per heavy atom. The molecule has 0 saturated carbocycles. The van der Waals surface area contributed by atoms with Gasteiger partial charge in [0.05, 0.1) is 17.8 Å². The van der Waals surface area contributed by atoms with Crippen LogP contribution in [0.4, 0.5) is 5.13 Å². The molecule has 0 aliphatic carbocycles. The quantitative estimate of drug-likeness (QED) is 0.487. The molecule has 2 aromatic heterocycles. The summed E-state index contributed by atoms with van der Waals surface area (Å²) in [5, 5.41) is 8.83. The minimum absolute atomic E-state index is 0.0212. The van der Waals surface area contributed by atoms with Crippen LogP contribution in [0.15, 0.2) is 54.7 Å². The Morgan fingerprint density at radius 2 is 1.97 bits per heavy atom. The van der Waals surface area contributed by atoms with E-state index in [0.29, 0.717) is 13.1 Å². The van der Waals surface area contributed by atoms with Crippen LogP contribution >= 0.6 is 11.3 Å². The number of benzene rings is 2. The number of imidazole rings is 1. The second-order valence-corrected chi connectivity index (χ2v) is 9.47. The van der Waals surface area contributed by atoms with E-state index in [0.717, 1.165) is 40.7 Å². The molecular formula is C25H27N5OS. The second kappa shape index (κ2) is 8.74. The van der Waals surface area contributed by atoms with E-state index in [2.05, 4.69) is 60.5 Å². The Balaban J connectivity index is 1.25. The van der Waals surface area contributed by atoms with Crippen LogP contribution in [0, 0.1) is 19.8 Å². The summed E-state index contributed by atoms with van der Waals surface area (Å²) in [5.41, 5.74) is 5.63. The maximum Gasteiger partial charge on any atom is 0.225 e. The number of fused-ring (bicyclic) bond motifs is 1. The highest BCUT2D eigenvalue weighted by molar-refractivity contribution is 7.20. The Bertz CT molecular complexity index is 1210. The number of anilines is 1. The molecule has 0 bridgehead atoms. The lowest BCUT2D eigenvalue weighted by atomic mass is 9.97.